The normalized spacial score (nSPS) is 13.2. The standard InChI is InChI=1S/C20H16IN/c21-17-9-3-6-12-20(17)22-18-10-4-1-7-15(18)13-14-16-8-2-5-11-19(16)22/h1-12H,13-14H2. The van der Waals surface area contributed by atoms with E-state index in [0.29, 0.717) is 0 Å². The molecular formula is C20H16IN. The van der Waals surface area contributed by atoms with Crippen LogP contribution >= 0.6 is 22.6 Å². The second-order valence-corrected chi connectivity index (χ2v) is 6.71. The minimum absolute atomic E-state index is 1.09. The molecule has 3 aromatic rings. The molecule has 0 atom stereocenters. The summed E-state index contributed by atoms with van der Waals surface area (Å²) in [5.41, 5.74) is 6.69. The van der Waals surface area contributed by atoms with Crippen molar-refractivity contribution in [3.05, 3.63) is 87.5 Å². The zero-order valence-electron chi connectivity index (χ0n) is 12.2. The van der Waals surface area contributed by atoms with Crippen molar-refractivity contribution < 1.29 is 0 Å². The van der Waals surface area contributed by atoms with Crippen molar-refractivity contribution in [1.29, 1.82) is 0 Å². The number of rotatable bonds is 1. The summed E-state index contributed by atoms with van der Waals surface area (Å²) >= 11 is 2.43. The van der Waals surface area contributed by atoms with Crippen LogP contribution in [-0.4, -0.2) is 0 Å². The van der Waals surface area contributed by atoms with E-state index in [-0.39, 0.29) is 0 Å². The van der Waals surface area contributed by atoms with E-state index in [4.69, 9.17) is 0 Å². The predicted octanol–water partition coefficient (Wildman–Crippen LogP) is 5.86. The Labute approximate surface area is 144 Å². The van der Waals surface area contributed by atoms with Crippen LogP contribution in [0.3, 0.4) is 0 Å². The first-order valence-electron chi connectivity index (χ1n) is 7.55. The Balaban J connectivity index is 2.01. The van der Waals surface area contributed by atoms with E-state index in [1.165, 1.54) is 31.8 Å². The highest BCUT2D eigenvalue weighted by Crippen LogP contribution is 2.42. The van der Waals surface area contributed by atoms with Crippen LogP contribution in [0.2, 0.25) is 0 Å². The maximum absolute atomic E-state index is 2.43. The maximum atomic E-state index is 2.43. The molecule has 108 valence electrons. The van der Waals surface area contributed by atoms with Crippen LogP contribution in [0.15, 0.2) is 72.8 Å². The first-order valence-corrected chi connectivity index (χ1v) is 8.63. The zero-order chi connectivity index (χ0) is 14.9. The summed E-state index contributed by atoms with van der Waals surface area (Å²) in [6, 6.07) is 26.1. The van der Waals surface area contributed by atoms with Gasteiger partial charge in [-0.3, -0.25) is 0 Å². The highest BCUT2D eigenvalue weighted by Gasteiger charge is 2.22. The zero-order valence-corrected chi connectivity index (χ0v) is 14.3. The van der Waals surface area contributed by atoms with E-state index in [2.05, 4.69) is 100 Å². The number of para-hydroxylation sites is 3. The fourth-order valence-electron chi connectivity index (χ4n) is 3.17. The fourth-order valence-corrected chi connectivity index (χ4v) is 3.80. The van der Waals surface area contributed by atoms with Gasteiger partial charge in [0.25, 0.3) is 0 Å². The van der Waals surface area contributed by atoms with Crippen LogP contribution < -0.4 is 4.90 Å². The van der Waals surface area contributed by atoms with E-state index in [1.54, 1.807) is 0 Å². The van der Waals surface area contributed by atoms with Crippen LogP contribution in [0.5, 0.6) is 0 Å². The first-order chi connectivity index (χ1) is 10.8. The number of halogens is 1. The van der Waals surface area contributed by atoms with Crippen molar-refractivity contribution in [2.24, 2.45) is 0 Å². The van der Waals surface area contributed by atoms with Gasteiger partial charge in [-0.1, -0.05) is 48.5 Å². The number of benzene rings is 3. The molecule has 3 aromatic carbocycles. The molecule has 0 fully saturated rings. The molecule has 0 spiro atoms. The van der Waals surface area contributed by atoms with Gasteiger partial charge in [-0.25, -0.2) is 0 Å². The largest absolute Gasteiger partial charge is 0.309 e. The molecule has 0 bridgehead atoms. The third-order valence-electron chi connectivity index (χ3n) is 4.22. The lowest BCUT2D eigenvalue weighted by molar-refractivity contribution is 0.977. The molecule has 0 amide bonds. The lowest BCUT2D eigenvalue weighted by Crippen LogP contribution is -2.12. The van der Waals surface area contributed by atoms with Crippen molar-refractivity contribution in [2.45, 2.75) is 12.8 Å². The molecule has 1 aliphatic rings. The van der Waals surface area contributed by atoms with Crippen molar-refractivity contribution in [1.82, 2.24) is 0 Å². The number of hydrogen-bond acceptors (Lipinski definition) is 1. The van der Waals surface area contributed by atoms with Gasteiger partial charge in [0.1, 0.15) is 0 Å². The van der Waals surface area contributed by atoms with Gasteiger partial charge in [-0.2, -0.15) is 0 Å². The lowest BCUT2D eigenvalue weighted by atomic mass is 10.0. The van der Waals surface area contributed by atoms with Crippen LogP contribution in [0.1, 0.15) is 11.1 Å². The molecule has 0 unspecified atom stereocenters. The maximum Gasteiger partial charge on any atom is 0.0595 e. The summed E-state index contributed by atoms with van der Waals surface area (Å²) in [7, 11) is 0. The lowest BCUT2D eigenvalue weighted by Gasteiger charge is -2.28. The molecule has 0 saturated heterocycles. The topological polar surface area (TPSA) is 3.24 Å². The van der Waals surface area contributed by atoms with Gasteiger partial charge in [-0.15, -0.1) is 0 Å². The van der Waals surface area contributed by atoms with Gasteiger partial charge in [0.05, 0.1) is 5.69 Å². The molecular weight excluding hydrogens is 381 g/mol. The second-order valence-electron chi connectivity index (χ2n) is 5.54. The summed E-state index contributed by atoms with van der Waals surface area (Å²) in [5, 5.41) is 0. The summed E-state index contributed by atoms with van der Waals surface area (Å²) in [5.74, 6) is 0. The number of nitrogens with zero attached hydrogens (tertiary/aromatic N) is 1. The highest BCUT2D eigenvalue weighted by molar-refractivity contribution is 14.1. The summed E-state index contributed by atoms with van der Waals surface area (Å²) in [6.45, 7) is 0. The fraction of sp³-hybridized carbons (Fsp3) is 0.100. The Morgan fingerprint density at radius 2 is 1.05 bits per heavy atom. The molecule has 0 aromatic heterocycles. The highest BCUT2D eigenvalue weighted by atomic mass is 127. The Morgan fingerprint density at radius 3 is 1.59 bits per heavy atom. The Kier molecular flexibility index (Phi) is 3.62. The van der Waals surface area contributed by atoms with Gasteiger partial charge in [0.2, 0.25) is 0 Å². The van der Waals surface area contributed by atoms with Gasteiger partial charge in [-0.05, 0) is 70.8 Å². The van der Waals surface area contributed by atoms with Gasteiger partial charge in [0, 0.05) is 14.9 Å². The number of anilines is 3. The smallest absolute Gasteiger partial charge is 0.0595 e. The van der Waals surface area contributed by atoms with E-state index < -0.39 is 0 Å². The average Bonchev–Trinajstić information content (AvgIpc) is 2.73. The van der Waals surface area contributed by atoms with Crippen molar-refractivity contribution in [3.8, 4) is 0 Å². The molecule has 1 aliphatic heterocycles. The third kappa shape index (κ3) is 2.31. The molecule has 2 heteroatoms. The number of hydrogen-bond donors (Lipinski definition) is 0. The van der Waals surface area contributed by atoms with E-state index in [9.17, 15) is 0 Å². The molecule has 0 saturated carbocycles. The van der Waals surface area contributed by atoms with Crippen LogP contribution in [0.4, 0.5) is 17.1 Å². The molecule has 1 heterocycles. The Bertz CT molecular complexity index is 778. The van der Waals surface area contributed by atoms with E-state index in [1.807, 2.05) is 0 Å². The first kappa shape index (κ1) is 13.8. The van der Waals surface area contributed by atoms with Crippen molar-refractivity contribution in [3.63, 3.8) is 0 Å². The molecule has 0 radical (unpaired) electrons. The monoisotopic (exact) mass is 397 g/mol. The van der Waals surface area contributed by atoms with Crippen molar-refractivity contribution in [2.75, 3.05) is 4.90 Å². The third-order valence-corrected chi connectivity index (χ3v) is 5.13. The Morgan fingerprint density at radius 1 is 0.591 bits per heavy atom. The molecule has 22 heavy (non-hydrogen) atoms. The summed E-state index contributed by atoms with van der Waals surface area (Å²) in [4.78, 5) is 2.42. The number of fused-ring (bicyclic) bond motifs is 2. The van der Waals surface area contributed by atoms with Gasteiger partial charge in [0.15, 0.2) is 0 Å². The van der Waals surface area contributed by atoms with Gasteiger partial charge >= 0.3 is 0 Å². The van der Waals surface area contributed by atoms with Crippen molar-refractivity contribution >= 4 is 39.7 Å². The summed E-state index contributed by atoms with van der Waals surface area (Å²) in [6.07, 6.45) is 2.18. The quantitative estimate of drug-likeness (QED) is 0.465. The van der Waals surface area contributed by atoms with Crippen LogP contribution in [0.25, 0.3) is 0 Å². The minimum Gasteiger partial charge on any atom is -0.309 e. The SMILES string of the molecule is Ic1ccccc1N1c2ccccc2CCc2ccccc21. The molecule has 4 rings (SSSR count). The average molecular weight is 397 g/mol. The minimum atomic E-state index is 1.09. The molecule has 0 aliphatic carbocycles. The van der Waals surface area contributed by atoms with Crippen LogP contribution in [-0.2, 0) is 12.8 Å². The van der Waals surface area contributed by atoms with Crippen LogP contribution in [0, 0.1) is 3.57 Å². The predicted molar refractivity (Wildman–Crippen MR) is 101 cm³/mol. The molecule has 0 N–H and O–H groups in total. The summed E-state index contributed by atoms with van der Waals surface area (Å²) < 4.78 is 1.27. The van der Waals surface area contributed by atoms with E-state index >= 15 is 0 Å². The number of aryl methyl sites for hydroxylation is 2. The van der Waals surface area contributed by atoms with E-state index in [0.717, 1.165) is 12.8 Å². The Hall–Kier alpha value is -1.81. The second kappa shape index (κ2) is 5.76. The molecule has 1 nitrogen and oxygen atoms in total. The van der Waals surface area contributed by atoms with Gasteiger partial charge < -0.3 is 4.90 Å².